The Labute approximate surface area is 150 Å². The molecular formula is C18H24F3NO4. The summed E-state index contributed by atoms with van der Waals surface area (Å²) in [6.07, 6.45) is -2.83. The van der Waals surface area contributed by atoms with Crippen LogP contribution in [0.3, 0.4) is 0 Å². The van der Waals surface area contributed by atoms with Gasteiger partial charge in [0.05, 0.1) is 33.7 Å². The average Bonchev–Trinajstić information content (AvgIpc) is 2.60. The number of rotatable bonds is 6. The van der Waals surface area contributed by atoms with Crippen molar-refractivity contribution in [3.63, 3.8) is 0 Å². The normalized spacial score (nSPS) is 20.4. The average molecular weight is 375 g/mol. The molecule has 0 spiro atoms. The number of benzene rings is 1. The van der Waals surface area contributed by atoms with Crippen LogP contribution in [-0.2, 0) is 11.2 Å². The minimum Gasteiger partial charge on any atom is -0.493 e. The summed E-state index contributed by atoms with van der Waals surface area (Å²) in [5.41, 5.74) is 0.516. The van der Waals surface area contributed by atoms with E-state index in [4.69, 9.17) is 14.2 Å². The van der Waals surface area contributed by atoms with Gasteiger partial charge in [-0.25, -0.2) is 0 Å². The molecular weight excluding hydrogens is 351 g/mol. The van der Waals surface area contributed by atoms with E-state index in [2.05, 4.69) is 5.32 Å². The smallest absolute Gasteiger partial charge is 0.393 e. The minimum atomic E-state index is -4.31. The first-order valence-corrected chi connectivity index (χ1v) is 8.45. The van der Waals surface area contributed by atoms with E-state index < -0.39 is 24.0 Å². The van der Waals surface area contributed by atoms with Crippen molar-refractivity contribution < 1.29 is 32.2 Å². The molecule has 1 aliphatic carbocycles. The molecule has 2 rings (SSSR count). The van der Waals surface area contributed by atoms with Gasteiger partial charge in [0.25, 0.3) is 0 Å². The summed E-state index contributed by atoms with van der Waals surface area (Å²) in [7, 11) is 4.35. The fraction of sp³-hybridized carbons (Fsp3) is 0.611. The third-order valence-corrected chi connectivity index (χ3v) is 4.67. The van der Waals surface area contributed by atoms with Crippen molar-refractivity contribution in [3.8, 4) is 17.2 Å². The molecule has 0 radical (unpaired) electrons. The van der Waals surface area contributed by atoms with E-state index in [1.54, 1.807) is 12.1 Å². The van der Waals surface area contributed by atoms with Gasteiger partial charge in [-0.2, -0.15) is 13.2 Å². The van der Waals surface area contributed by atoms with Gasteiger partial charge in [0, 0.05) is 11.6 Å². The van der Waals surface area contributed by atoms with E-state index in [0.717, 1.165) is 0 Å². The zero-order valence-electron chi connectivity index (χ0n) is 15.1. The largest absolute Gasteiger partial charge is 0.493 e. The molecule has 1 aromatic rings. The summed E-state index contributed by atoms with van der Waals surface area (Å²) in [6, 6.07) is 2.38. The molecule has 0 aliphatic heterocycles. The molecule has 1 N–H and O–H groups in total. The van der Waals surface area contributed by atoms with Gasteiger partial charge in [0.15, 0.2) is 11.5 Å². The number of carbonyl (C=O) groups is 1. The summed E-state index contributed by atoms with van der Waals surface area (Å²) in [5, 5.41) is 2.55. The second-order valence-electron chi connectivity index (χ2n) is 6.28. The predicted octanol–water partition coefficient (Wildman–Crippen LogP) is 3.49. The number of hydrogen-bond donors (Lipinski definition) is 1. The molecule has 146 valence electrons. The van der Waals surface area contributed by atoms with Crippen LogP contribution in [0.2, 0.25) is 0 Å². The summed E-state index contributed by atoms with van der Waals surface area (Å²) in [4.78, 5) is 12.4. The molecule has 2 unspecified atom stereocenters. The molecule has 0 saturated heterocycles. The van der Waals surface area contributed by atoms with E-state index in [0.29, 0.717) is 42.1 Å². The molecule has 0 heterocycles. The number of methoxy groups -OCH3 is 3. The topological polar surface area (TPSA) is 56.8 Å². The van der Waals surface area contributed by atoms with Crippen molar-refractivity contribution >= 4 is 5.91 Å². The maximum atomic E-state index is 13.2. The predicted molar refractivity (Wildman–Crippen MR) is 89.7 cm³/mol. The number of nitrogens with one attached hydrogen (secondary N) is 1. The van der Waals surface area contributed by atoms with Crippen LogP contribution < -0.4 is 19.5 Å². The number of hydrogen-bond acceptors (Lipinski definition) is 4. The monoisotopic (exact) mass is 375 g/mol. The summed E-state index contributed by atoms with van der Waals surface area (Å²) < 4.78 is 55.3. The van der Waals surface area contributed by atoms with Crippen molar-refractivity contribution in [1.29, 1.82) is 0 Å². The highest BCUT2D eigenvalue weighted by Gasteiger charge is 2.45. The molecule has 26 heavy (non-hydrogen) atoms. The van der Waals surface area contributed by atoms with Crippen molar-refractivity contribution in [3.05, 3.63) is 17.7 Å². The Morgan fingerprint density at radius 1 is 1.08 bits per heavy atom. The van der Waals surface area contributed by atoms with Gasteiger partial charge in [-0.3, -0.25) is 4.79 Å². The van der Waals surface area contributed by atoms with Crippen LogP contribution >= 0.6 is 0 Å². The first-order valence-electron chi connectivity index (χ1n) is 8.45. The quantitative estimate of drug-likeness (QED) is 0.827. The lowest BCUT2D eigenvalue weighted by Gasteiger charge is -2.33. The van der Waals surface area contributed by atoms with Gasteiger partial charge in [-0.1, -0.05) is 18.9 Å². The lowest BCUT2D eigenvalue weighted by molar-refractivity contribution is -0.189. The first-order chi connectivity index (χ1) is 12.3. The van der Waals surface area contributed by atoms with Crippen LogP contribution in [0, 0.1) is 5.92 Å². The van der Waals surface area contributed by atoms with Gasteiger partial charge >= 0.3 is 6.18 Å². The van der Waals surface area contributed by atoms with Crippen LogP contribution in [0.1, 0.15) is 31.2 Å². The third kappa shape index (κ3) is 4.53. The second kappa shape index (κ2) is 8.51. The number of carbonyl (C=O) groups excluding carboxylic acids is 1. The standard InChI is InChI=1S/C18H24F3NO4/c1-24-14-9-8-11(16(25-2)17(14)26-3)10-15(23)22-13-7-5-4-6-12(13)18(19,20)21/h8-9,12-13H,4-7,10H2,1-3H3,(H,22,23). The highest BCUT2D eigenvalue weighted by atomic mass is 19.4. The molecule has 1 aromatic carbocycles. The third-order valence-electron chi connectivity index (χ3n) is 4.67. The van der Waals surface area contributed by atoms with Crippen LogP contribution in [0.5, 0.6) is 17.2 Å². The first kappa shape index (κ1) is 20.2. The fourth-order valence-electron chi connectivity index (χ4n) is 3.43. The Hall–Kier alpha value is -2.12. The molecule has 8 heteroatoms. The van der Waals surface area contributed by atoms with Gasteiger partial charge in [-0.15, -0.1) is 0 Å². The Balaban J connectivity index is 2.14. The van der Waals surface area contributed by atoms with Crippen molar-refractivity contribution in [2.24, 2.45) is 5.92 Å². The van der Waals surface area contributed by atoms with E-state index in [-0.39, 0.29) is 12.8 Å². The Morgan fingerprint density at radius 3 is 2.31 bits per heavy atom. The van der Waals surface area contributed by atoms with E-state index in [1.807, 2.05) is 0 Å². The highest BCUT2D eigenvalue weighted by molar-refractivity contribution is 5.80. The summed E-state index contributed by atoms with van der Waals surface area (Å²) >= 11 is 0. The lowest BCUT2D eigenvalue weighted by atomic mass is 9.84. The van der Waals surface area contributed by atoms with Gasteiger partial charge in [0.2, 0.25) is 11.7 Å². The zero-order chi connectivity index (χ0) is 19.3. The van der Waals surface area contributed by atoms with E-state index >= 15 is 0 Å². The lowest BCUT2D eigenvalue weighted by Crippen LogP contribution is -2.48. The van der Waals surface area contributed by atoms with Crippen molar-refractivity contribution in [2.45, 2.75) is 44.3 Å². The SMILES string of the molecule is COc1ccc(CC(=O)NC2CCCCC2C(F)(F)F)c(OC)c1OC. The Morgan fingerprint density at radius 2 is 1.73 bits per heavy atom. The molecule has 0 bridgehead atoms. The van der Waals surface area contributed by atoms with E-state index in [1.165, 1.54) is 21.3 Å². The minimum absolute atomic E-state index is 0.0497. The van der Waals surface area contributed by atoms with Crippen molar-refractivity contribution in [2.75, 3.05) is 21.3 Å². The highest BCUT2D eigenvalue weighted by Crippen LogP contribution is 2.40. The Bertz CT molecular complexity index is 634. The van der Waals surface area contributed by atoms with Crippen molar-refractivity contribution in [1.82, 2.24) is 5.32 Å². The van der Waals surface area contributed by atoms with E-state index in [9.17, 15) is 18.0 Å². The molecule has 1 fully saturated rings. The van der Waals surface area contributed by atoms with Gasteiger partial charge in [-0.05, 0) is 18.9 Å². The molecule has 5 nitrogen and oxygen atoms in total. The number of ether oxygens (including phenoxy) is 3. The Kier molecular flexibility index (Phi) is 6.61. The van der Waals surface area contributed by atoms with Gasteiger partial charge in [0.1, 0.15) is 0 Å². The van der Waals surface area contributed by atoms with Crippen LogP contribution in [0.15, 0.2) is 12.1 Å². The summed E-state index contributed by atoms with van der Waals surface area (Å²) in [6.45, 7) is 0. The fourth-order valence-corrected chi connectivity index (χ4v) is 3.43. The van der Waals surface area contributed by atoms with Crippen LogP contribution in [0.25, 0.3) is 0 Å². The molecule has 2 atom stereocenters. The number of alkyl halides is 3. The van der Waals surface area contributed by atoms with Crippen LogP contribution in [-0.4, -0.2) is 39.5 Å². The molecule has 1 aliphatic rings. The van der Waals surface area contributed by atoms with Crippen LogP contribution in [0.4, 0.5) is 13.2 Å². The molecule has 0 aromatic heterocycles. The zero-order valence-corrected chi connectivity index (χ0v) is 15.1. The molecule has 1 saturated carbocycles. The number of amides is 1. The summed E-state index contributed by atoms with van der Waals surface area (Å²) in [5.74, 6) is -0.855. The molecule has 1 amide bonds. The second-order valence-corrected chi connectivity index (χ2v) is 6.28. The van der Waals surface area contributed by atoms with Gasteiger partial charge < -0.3 is 19.5 Å². The maximum absolute atomic E-state index is 13.2. The number of halogens is 3. The maximum Gasteiger partial charge on any atom is 0.393 e.